The maximum Gasteiger partial charge on any atom is 0.258 e. The van der Waals surface area contributed by atoms with Crippen LogP contribution >= 0.6 is 0 Å². The first kappa shape index (κ1) is 25.4. The fraction of sp³-hybridized carbons (Fsp3) is 0.407. The number of nitrogens with zero attached hydrogens (tertiary/aromatic N) is 4. The van der Waals surface area contributed by atoms with Crippen LogP contribution in [0.3, 0.4) is 0 Å². The highest BCUT2D eigenvalue weighted by Crippen LogP contribution is 2.27. The zero-order valence-corrected chi connectivity index (χ0v) is 21.5. The maximum absolute atomic E-state index is 14.3. The lowest BCUT2D eigenvalue weighted by atomic mass is 10.2. The third-order valence-corrected chi connectivity index (χ3v) is 9.20. The molecule has 0 spiro atoms. The minimum absolute atomic E-state index is 0.00529. The van der Waals surface area contributed by atoms with Gasteiger partial charge in [-0.25, -0.2) is 12.8 Å². The molecule has 10 heteroatoms. The molecule has 3 heterocycles. The molecule has 0 atom stereocenters. The van der Waals surface area contributed by atoms with Gasteiger partial charge in [0, 0.05) is 56.2 Å². The van der Waals surface area contributed by atoms with Crippen molar-refractivity contribution < 1.29 is 17.6 Å². The number of aromatic nitrogens is 1. The number of amides is 1. The Hall–Kier alpha value is -3.24. The van der Waals surface area contributed by atoms with Gasteiger partial charge in [-0.1, -0.05) is 43.2 Å². The van der Waals surface area contributed by atoms with E-state index < -0.39 is 10.0 Å². The molecule has 0 bridgehead atoms. The maximum atomic E-state index is 14.3. The second kappa shape index (κ2) is 10.6. The largest absolute Gasteiger partial charge is 0.367 e. The fourth-order valence-corrected chi connectivity index (χ4v) is 6.85. The van der Waals surface area contributed by atoms with Gasteiger partial charge in [0.1, 0.15) is 17.3 Å². The lowest BCUT2D eigenvalue weighted by molar-refractivity contribution is -0.131. The van der Waals surface area contributed by atoms with E-state index in [4.69, 9.17) is 0 Å². The van der Waals surface area contributed by atoms with Gasteiger partial charge in [0.2, 0.25) is 15.9 Å². The van der Waals surface area contributed by atoms with Crippen LogP contribution in [0.1, 0.15) is 25.7 Å². The van der Waals surface area contributed by atoms with Crippen molar-refractivity contribution in [2.45, 2.75) is 37.1 Å². The monoisotopic (exact) mass is 526 g/mol. The Balaban J connectivity index is 1.44. The quantitative estimate of drug-likeness (QED) is 0.511. The highest BCUT2D eigenvalue weighted by molar-refractivity contribution is 7.89. The number of pyridine rings is 1. The zero-order valence-electron chi connectivity index (χ0n) is 20.7. The molecule has 196 valence electrons. The summed E-state index contributed by atoms with van der Waals surface area (Å²) < 4.78 is 44.5. The fourth-order valence-electron chi connectivity index (χ4n) is 5.21. The van der Waals surface area contributed by atoms with Gasteiger partial charge in [-0.3, -0.25) is 9.59 Å². The SMILES string of the molecule is O=C(Cn1cc(S(=O)(=O)N2CCN(c3ccccc3F)CC2)c2ccccc2c1=O)N1CCCCCC1. The highest BCUT2D eigenvalue weighted by atomic mass is 32.2. The number of sulfonamides is 1. The molecule has 0 saturated carbocycles. The lowest BCUT2D eigenvalue weighted by Crippen LogP contribution is -2.49. The molecule has 0 N–H and O–H groups in total. The molecule has 3 aromatic rings. The normalized spacial score (nSPS) is 17.6. The molecule has 1 aromatic heterocycles. The number of carbonyl (C=O) groups excluding carboxylic acids is 1. The molecule has 2 saturated heterocycles. The van der Waals surface area contributed by atoms with E-state index in [-0.39, 0.29) is 47.2 Å². The Morgan fingerprint density at radius 2 is 1.43 bits per heavy atom. The minimum Gasteiger partial charge on any atom is -0.367 e. The number of hydrogen-bond donors (Lipinski definition) is 0. The Labute approximate surface area is 215 Å². The first-order valence-corrected chi connectivity index (χ1v) is 14.2. The summed E-state index contributed by atoms with van der Waals surface area (Å²) in [4.78, 5) is 29.9. The number of para-hydroxylation sites is 1. The Bertz CT molecular complexity index is 1460. The van der Waals surface area contributed by atoms with E-state index in [1.165, 1.54) is 21.1 Å². The summed E-state index contributed by atoms with van der Waals surface area (Å²) in [6.07, 6.45) is 5.32. The molecular formula is C27H31FN4O4S. The number of carbonyl (C=O) groups is 1. The van der Waals surface area contributed by atoms with Gasteiger partial charge in [0.15, 0.2) is 0 Å². The number of benzene rings is 2. The summed E-state index contributed by atoms with van der Waals surface area (Å²) in [5.74, 6) is -0.521. The molecule has 1 amide bonds. The molecule has 8 nitrogen and oxygen atoms in total. The third kappa shape index (κ3) is 5.13. The molecule has 2 aromatic carbocycles. The van der Waals surface area contributed by atoms with Crippen LogP contribution in [-0.4, -0.2) is 67.4 Å². The van der Waals surface area contributed by atoms with Crippen LogP contribution in [0.15, 0.2) is 64.4 Å². The van der Waals surface area contributed by atoms with Crippen molar-refractivity contribution in [3.63, 3.8) is 0 Å². The number of hydrogen-bond acceptors (Lipinski definition) is 5. The van der Waals surface area contributed by atoms with E-state index in [2.05, 4.69) is 0 Å². The van der Waals surface area contributed by atoms with Crippen molar-refractivity contribution in [1.29, 1.82) is 0 Å². The predicted molar refractivity (Wildman–Crippen MR) is 141 cm³/mol. The highest BCUT2D eigenvalue weighted by Gasteiger charge is 2.32. The summed E-state index contributed by atoms with van der Waals surface area (Å²) in [6.45, 7) is 2.13. The Morgan fingerprint density at radius 1 is 0.811 bits per heavy atom. The van der Waals surface area contributed by atoms with Crippen molar-refractivity contribution in [2.24, 2.45) is 0 Å². The molecule has 2 aliphatic rings. The minimum atomic E-state index is -3.98. The van der Waals surface area contributed by atoms with Crippen LogP contribution in [0.25, 0.3) is 10.8 Å². The Kier molecular flexibility index (Phi) is 7.30. The summed E-state index contributed by atoms with van der Waals surface area (Å²) in [6, 6.07) is 13.1. The average molecular weight is 527 g/mol. The van der Waals surface area contributed by atoms with E-state index >= 15 is 0 Å². The smallest absolute Gasteiger partial charge is 0.258 e. The number of halogens is 1. The van der Waals surface area contributed by atoms with Gasteiger partial charge < -0.3 is 14.4 Å². The molecule has 2 fully saturated rings. The average Bonchev–Trinajstić information content (AvgIpc) is 3.20. The van der Waals surface area contributed by atoms with Crippen LogP contribution in [-0.2, 0) is 21.4 Å². The van der Waals surface area contributed by atoms with Crippen LogP contribution < -0.4 is 10.5 Å². The van der Waals surface area contributed by atoms with E-state index in [1.54, 1.807) is 47.4 Å². The number of fused-ring (bicyclic) bond motifs is 1. The second-order valence-electron chi connectivity index (χ2n) is 9.61. The molecule has 0 unspecified atom stereocenters. The summed E-state index contributed by atoms with van der Waals surface area (Å²) in [5.41, 5.74) is 0.0627. The zero-order chi connectivity index (χ0) is 26.0. The predicted octanol–water partition coefficient (Wildman–Crippen LogP) is 3.05. The summed E-state index contributed by atoms with van der Waals surface area (Å²) in [5, 5.41) is 0.597. The van der Waals surface area contributed by atoms with Crippen LogP contribution in [0.4, 0.5) is 10.1 Å². The van der Waals surface area contributed by atoms with Crippen LogP contribution in [0.5, 0.6) is 0 Å². The first-order valence-electron chi connectivity index (χ1n) is 12.8. The first-order chi connectivity index (χ1) is 17.9. The molecule has 5 rings (SSSR count). The van der Waals surface area contributed by atoms with Gasteiger partial charge >= 0.3 is 0 Å². The molecule has 0 radical (unpaired) electrons. The van der Waals surface area contributed by atoms with E-state index in [0.29, 0.717) is 37.3 Å². The van der Waals surface area contributed by atoms with E-state index in [9.17, 15) is 22.4 Å². The standard InChI is InChI=1S/C27H31FN4O4S/c28-23-11-5-6-12-24(23)29-15-17-32(18-16-29)37(35,36)25-19-31(27(34)22-10-4-3-9-21(22)25)20-26(33)30-13-7-1-2-8-14-30/h3-6,9-12,19H,1-2,7-8,13-18,20H2. The topological polar surface area (TPSA) is 82.9 Å². The molecule has 0 aliphatic carbocycles. The number of piperazine rings is 1. The number of likely N-dealkylation sites (tertiary alicyclic amines) is 1. The Morgan fingerprint density at radius 3 is 2.11 bits per heavy atom. The molecular weight excluding hydrogens is 495 g/mol. The summed E-state index contributed by atoms with van der Waals surface area (Å²) in [7, 11) is -3.98. The number of rotatable bonds is 5. The summed E-state index contributed by atoms with van der Waals surface area (Å²) >= 11 is 0. The molecule has 37 heavy (non-hydrogen) atoms. The van der Waals surface area contributed by atoms with Gasteiger partial charge in [-0.05, 0) is 31.0 Å². The van der Waals surface area contributed by atoms with Gasteiger partial charge in [-0.15, -0.1) is 0 Å². The third-order valence-electron chi connectivity index (χ3n) is 7.27. The van der Waals surface area contributed by atoms with Crippen molar-refractivity contribution in [2.75, 3.05) is 44.2 Å². The van der Waals surface area contributed by atoms with E-state index in [0.717, 1.165) is 25.7 Å². The van der Waals surface area contributed by atoms with Gasteiger partial charge in [0.05, 0.1) is 5.69 Å². The second-order valence-corrected chi connectivity index (χ2v) is 11.5. The van der Waals surface area contributed by atoms with Crippen molar-refractivity contribution in [3.05, 3.63) is 70.9 Å². The van der Waals surface area contributed by atoms with Gasteiger partial charge in [-0.2, -0.15) is 4.31 Å². The molecule has 2 aliphatic heterocycles. The van der Waals surface area contributed by atoms with Crippen LogP contribution in [0, 0.1) is 5.82 Å². The van der Waals surface area contributed by atoms with E-state index in [1.807, 2.05) is 4.90 Å². The van der Waals surface area contributed by atoms with Crippen LogP contribution in [0.2, 0.25) is 0 Å². The van der Waals surface area contributed by atoms with Crippen molar-refractivity contribution in [3.8, 4) is 0 Å². The lowest BCUT2D eigenvalue weighted by Gasteiger charge is -2.35. The number of anilines is 1. The van der Waals surface area contributed by atoms with Crippen molar-refractivity contribution >= 4 is 32.4 Å². The van der Waals surface area contributed by atoms with Gasteiger partial charge in [0.25, 0.3) is 5.56 Å². The van der Waals surface area contributed by atoms with Crippen molar-refractivity contribution in [1.82, 2.24) is 13.8 Å².